The van der Waals surface area contributed by atoms with Crippen molar-refractivity contribution in [3.63, 3.8) is 0 Å². The van der Waals surface area contributed by atoms with Gasteiger partial charge in [-0.2, -0.15) is 0 Å². The van der Waals surface area contributed by atoms with Gasteiger partial charge >= 0.3 is 0 Å². The van der Waals surface area contributed by atoms with E-state index in [0.717, 1.165) is 24.9 Å². The molecule has 1 fully saturated rings. The minimum atomic E-state index is -0.197. The highest BCUT2D eigenvalue weighted by Crippen LogP contribution is 2.24. The second kappa shape index (κ2) is 6.17. The first kappa shape index (κ1) is 13.6. The van der Waals surface area contributed by atoms with Crippen LogP contribution in [0, 0.1) is 5.82 Å². The van der Waals surface area contributed by atoms with Gasteiger partial charge in [0.15, 0.2) is 0 Å². The molecule has 0 unspecified atom stereocenters. The molecular formula is C9H13Cl2FN2. The Bertz CT molecular complexity index is 277. The number of nitrogens with one attached hydrogen (secondary N) is 1. The van der Waals surface area contributed by atoms with E-state index in [0.29, 0.717) is 0 Å². The molecule has 1 aliphatic rings. The zero-order valence-corrected chi connectivity index (χ0v) is 9.21. The molecule has 1 atom stereocenters. The van der Waals surface area contributed by atoms with Crippen molar-refractivity contribution in [3.05, 3.63) is 29.8 Å². The predicted octanol–water partition coefficient (Wildman–Crippen LogP) is 2.49. The number of halogens is 3. The maximum absolute atomic E-state index is 13.1. The zero-order chi connectivity index (χ0) is 8.39. The van der Waals surface area contributed by atoms with E-state index in [1.54, 1.807) is 12.3 Å². The molecule has 2 nitrogen and oxygen atoms in total. The molecule has 0 radical (unpaired) electrons. The highest BCUT2D eigenvalue weighted by atomic mass is 35.5. The Labute approximate surface area is 95.1 Å². The molecule has 1 aromatic heterocycles. The maximum Gasteiger partial charge on any atom is 0.146 e. The van der Waals surface area contributed by atoms with Crippen LogP contribution >= 0.6 is 24.8 Å². The Morgan fingerprint density at radius 3 is 2.79 bits per heavy atom. The normalized spacial score (nSPS) is 19.6. The molecule has 1 aromatic rings. The summed E-state index contributed by atoms with van der Waals surface area (Å²) in [6, 6.07) is 1.95. The van der Waals surface area contributed by atoms with Crippen LogP contribution in [-0.4, -0.2) is 11.5 Å². The van der Waals surface area contributed by atoms with Crippen molar-refractivity contribution in [3.8, 4) is 0 Å². The summed E-state index contributed by atoms with van der Waals surface area (Å²) in [5.41, 5.74) is 0.752. The third-order valence-electron chi connectivity index (χ3n) is 2.24. The fourth-order valence-corrected chi connectivity index (χ4v) is 1.62. The van der Waals surface area contributed by atoms with Crippen LogP contribution in [0.25, 0.3) is 0 Å². The van der Waals surface area contributed by atoms with E-state index < -0.39 is 0 Å². The molecular weight excluding hydrogens is 226 g/mol. The van der Waals surface area contributed by atoms with Crippen molar-refractivity contribution >= 4 is 24.8 Å². The molecule has 0 amide bonds. The second-order valence-electron chi connectivity index (χ2n) is 3.05. The first-order valence-electron chi connectivity index (χ1n) is 4.21. The minimum Gasteiger partial charge on any atom is -0.310 e. The molecule has 0 spiro atoms. The number of hydrogen-bond acceptors (Lipinski definition) is 2. The van der Waals surface area contributed by atoms with Gasteiger partial charge in [-0.1, -0.05) is 0 Å². The fraction of sp³-hybridized carbons (Fsp3) is 0.444. The number of nitrogens with zero attached hydrogens (tertiary/aromatic N) is 1. The highest BCUT2D eigenvalue weighted by molar-refractivity contribution is 5.85. The van der Waals surface area contributed by atoms with Crippen LogP contribution in [0.15, 0.2) is 18.5 Å². The monoisotopic (exact) mass is 238 g/mol. The van der Waals surface area contributed by atoms with Gasteiger partial charge in [-0.25, -0.2) is 4.39 Å². The molecule has 0 bridgehead atoms. The molecule has 0 saturated carbocycles. The fourth-order valence-electron chi connectivity index (χ4n) is 1.62. The van der Waals surface area contributed by atoms with E-state index in [2.05, 4.69) is 10.3 Å². The van der Waals surface area contributed by atoms with Crippen molar-refractivity contribution in [2.75, 3.05) is 6.54 Å². The summed E-state index contributed by atoms with van der Waals surface area (Å²) < 4.78 is 13.1. The number of rotatable bonds is 1. The van der Waals surface area contributed by atoms with Gasteiger partial charge in [0.2, 0.25) is 0 Å². The van der Waals surface area contributed by atoms with Crippen LogP contribution in [0.2, 0.25) is 0 Å². The lowest BCUT2D eigenvalue weighted by Gasteiger charge is -2.10. The van der Waals surface area contributed by atoms with E-state index in [9.17, 15) is 4.39 Å². The molecule has 80 valence electrons. The Kier molecular flexibility index (Phi) is 6.00. The lowest BCUT2D eigenvalue weighted by atomic mass is 10.1. The van der Waals surface area contributed by atoms with Gasteiger partial charge in [0.05, 0.1) is 6.20 Å². The molecule has 1 aliphatic heterocycles. The van der Waals surface area contributed by atoms with Crippen molar-refractivity contribution in [2.24, 2.45) is 0 Å². The van der Waals surface area contributed by atoms with Crippen molar-refractivity contribution < 1.29 is 4.39 Å². The Balaban J connectivity index is 0.000000845. The Morgan fingerprint density at radius 1 is 1.43 bits per heavy atom. The molecule has 14 heavy (non-hydrogen) atoms. The Morgan fingerprint density at radius 2 is 2.21 bits per heavy atom. The van der Waals surface area contributed by atoms with Gasteiger partial charge in [0.25, 0.3) is 0 Å². The quantitative estimate of drug-likeness (QED) is 0.814. The molecule has 5 heteroatoms. The van der Waals surface area contributed by atoms with E-state index in [1.807, 2.05) is 0 Å². The Hall–Kier alpha value is -0.380. The lowest BCUT2D eigenvalue weighted by molar-refractivity contribution is 0.554. The standard InChI is InChI=1S/C9H11FN2.2ClH/c10-8-6-11-5-3-7(8)9-2-1-4-12-9;;/h3,5-6,9,12H,1-2,4H2;2*1H/t9-;;/m1../s1. The van der Waals surface area contributed by atoms with Crippen LogP contribution in [0.4, 0.5) is 4.39 Å². The molecule has 0 aliphatic carbocycles. The SMILES string of the molecule is Cl.Cl.Fc1cnccc1[C@H]1CCCN1. The van der Waals surface area contributed by atoms with Gasteiger partial charge in [-0.15, -0.1) is 24.8 Å². The van der Waals surface area contributed by atoms with Crippen LogP contribution < -0.4 is 5.32 Å². The maximum atomic E-state index is 13.1. The van der Waals surface area contributed by atoms with E-state index in [4.69, 9.17) is 0 Å². The third-order valence-corrected chi connectivity index (χ3v) is 2.24. The van der Waals surface area contributed by atoms with Gasteiger partial charge in [0, 0.05) is 17.8 Å². The smallest absolute Gasteiger partial charge is 0.146 e. The summed E-state index contributed by atoms with van der Waals surface area (Å²) in [7, 11) is 0. The van der Waals surface area contributed by atoms with Crippen LogP contribution in [0.5, 0.6) is 0 Å². The third kappa shape index (κ3) is 2.80. The van der Waals surface area contributed by atoms with Crippen LogP contribution in [0.3, 0.4) is 0 Å². The molecule has 1 saturated heterocycles. The number of pyridine rings is 1. The van der Waals surface area contributed by atoms with Gasteiger partial charge < -0.3 is 5.32 Å². The summed E-state index contributed by atoms with van der Waals surface area (Å²) in [5.74, 6) is -0.197. The second-order valence-corrected chi connectivity index (χ2v) is 3.05. The predicted molar refractivity (Wildman–Crippen MR) is 58.7 cm³/mol. The van der Waals surface area contributed by atoms with Gasteiger partial charge in [0.1, 0.15) is 5.82 Å². The van der Waals surface area contributed by atoms with Gasteiger partial charge in [-0.05, 0) is 25.5 Å². The summed E-state index contributed by atoms with van der Waals surface area (Å²) in [4.78, 5) is 3.71. The van der Waals surface area contributed by atoms with E-state index in [-0.39, 0.29) is 36.7 Å². The first-order chi connectivity index (χ1) is 5.88. The van der Waals surface area contributed by atoms with Crippen LogP contribution in [-0.2, 0) is 0 Å². The first-order valence-corrected chi connectivity index (χ1v) is 4.21. The van der Waals surface area contributed by atoms with Crippen molar-refractivity contribution in [1.82, 2.24) is 10.3 Å². The average molecular weight is 239 g/mol. The summed E-state index contributed by atoms with van der Waals surface area (Å²) in [5, 5.41) is 3.25. The average Bonchev–Trinajstić information content (AvgIpc) is 2.57. The van der Waals surface area contributed by atoms with Crippen molar-refractivity contribution in [2.45, 2.75) is 18.9 Å². The topological polar surface area (TPSA) is 24.9 Å². The molecule has 1 N–H and O–H groups in total. The van der Waals surface area contributed by atoms with E-state index in [1.165, 1.54) is 6.20 Å². The van der Waals surface area contributed by atoms with E-state index >= 15 is 0 Å². The van der Waals surface area contributed by atoms with Crippen molar-refractivity contribution in [1.29, 1.82) is 0 Å². The molecule has 0 aromatic carbocycles. The van der Waals surface area contributed by atoms with Crippen LogP contribution in [0.1, 0.15) is 24.4 Å². The summed E-state index contributed by atoms with van der Waals surface area (Å²) in [6.07, 6.45) is 5.07. The number of hydrogen-bond donors (Lipinski definition) is 1. The lowest BCUT2D eigenvalue weighted by Crippen LogP contribution is -2.14. The highest BCUT2D eigenvalue weighted by Gasteiger charge is 2.18. The number of aromatic nitrogens is 1. The largest absolute Gasteiger partial charge is 0.310 e. The minimum absolute atomic E-state index is 0. The zero-order valence-electron chi connectivity index (χ0n) is 7.57. The summed E-state index contributed by atoms with van der Waals surface area (Å²) in [6.45, 7) is 0.992. The molecule has 2 heterocycles. The molecule has 2 rings (SSSR count). The van der Waals surface area contributed by atoms with Gasteiger partial charge in [-0.3, -0.25) is 4.98 Å². The summed E-state index contributed by atoms with van der Waals surface area (Å²) >= 11 is 0.